The van der Waals surface area contributed by atoms with Gasteiger partial charge in [0, 0.05) is 17.3 Å². The molecule has 0 bridgehead atoms. The fraction of sp³-hybridized carbons (Fsp3) is 0.583. The Labute approximate surface area is 106 Å². The number of carbonyl (C=O) groups excluding carboxylic acids is 1. The molecule has 0 saturated heterocycles. The van der Waals surface area contributed by atoms with Crippen molar-refractivity contribution in [3.8, 4) is 0 Å². The summed E-state index contributed by atoms with van der Waals surface area (Å²) in [7, 11) is 0. The van der Waals surface area contributed by atoms with Crippen molar-refractivity contribution in [3.63, 3.8) is 0 Å². The maximum absolute atomic E-state index is 12.0. The second kappa shape index (κ2) is 6.26. The lowest BCUT2D eigenvalue weighted by atomic mass is 10.1. The van der Waals surface area contributed by atoms with E-state index in [0.29, 0.717) is 6.54 Å². The first-order chi connectivity index (χ1) is 7.58. The first-order valence-corrected chi connectivity index (χ1v) is 6.80. The summed E-state index contributed by atoms with van der Waals surface area (Å²) in [5.74, 6) is 0.338. The average molecular weight is 260 g/mol. The fourth-order valence-electron chi connectivity index (χ4n) is 1.46. The van der Waals surface area contributed by atoms with Crippen molar-refractivity contribution >= 4 is 28.8 Å². The van der Waals surface area contributed by atoms with Crippen LogP contribution in [0.4, 0.5) is 0 Å². The van der Waals surface area contributed by atoms with Gasteiger partial charge in [-0.2, -0.15) is 0 Å². The molecule has 0 fully saturated rings. The van der Waals surface area contributed by atoms with Crippen LogP contribution in [0.1, 0.15) is 32.1 Å². The predicted octanol–water partition coefficient (Wildman–Crippen LogP) is 3.80. The van der Waals surface area contributed by atoms with E-state index in [1.165, 1.54) is 11.3 Å². The molecule has 90 valence electrons. The van der Waals surface area contributed by atoms with Gasteiger partial charge in [-0.25, -0.2) is 0 Å². The van der Waals surface area contributed by atoms with E-state index in [-0.39, 0.29) is 11.8 Å². The molecule has 1 rings (SSSR count). The molecule has 0 aliphatic heterocycles. The summed E-state index contributed by atoms with van der Waals surface area (Å²) in [6.45, 7) is 7.45. The molecular formula is C12H18ClNOS. The van der Waals surface area contributed by atoms with Crippen molar-refractivity contribution in [3.05, 3.63) is 21.3 Å². The van der Waals surface area contributed by atoms with Crippen LogP contribution < -0.4 is 0 Å². The minimum Gasteiger partial charge on any atom is -0.338 e. The molecule has 0 radical (unpaired) electrons. The Morgan fingerprint density at radius 3 is 2.62 bits per heavy atom. The Hall–Kier alpha value is -0.540. The SMILES string of the molecule is CCC(C)C(=O)N(CC)Cc1ccc(Cl)s1. The maximum Gasteiger partial charge on any atom is 0.225 e. The molecular weight excluding hydrogens is 242 g/mol. The van der Waals surface area contributed by atoms with E-state index in [1.807, 2.05) is 37.8 Å². The Morgan fingerprint density at radius 2 is 2.19 bits per heavy atom. The monoisotopic (exact) mass is 259 g/mol. The van der Waals surface area contributed by atoms with Crippen molar-refractivity contribution in [1.29, 1.82) is 0 Å². The van der Waals surface area contributed by atoms with Crippen LogP contribution in [0.5, 0.6) is 0 Å². The molecule has 4 heteroatoms. The summed E-state index contributed by atoms with van der Waals surface area (Å²) < 4.78 is 0.780. The van der Waals surface area contributed by atoms with Crippen molar-refractivity contribution in [2.75, 3.05) is 6.54 Å². The minimum atomic E-state index is 0.107. The summed E-state index contributed by atoms with van der Waals surface area (Å²) >= 11 is 7.41. The average Bonchev–Trinajstić information content (AvgIpc) is 2.69. The normalized spacial score (nSPS) is 12.5. The van der Waals surface area contributed by atoms with E-state index in [0.717, 1.165) is 22.2 Å². The number of halogens is 1. The first kappa shape index (κ1) is 13.5. The fourth-order valence-corrected chi connectivity index (χ4v) is 2.56. The van der Waals surface area contributed by atoms with Crippen molar-refractivity contribution in [2.24, 2.45) is 5.92 Å². The third kappa shape index (κ3) is 3.49. The number of hydrogen-bond acceptors (Lipinski definition) is 2. The van der Waals surface area contributed by atoms with E-state index < -0.39 is 0 Å². The number of amides is 1. The molecule has 0 aliphatic carbocycles. The molecule has 0 aromatic carbocycles. The molecule has 1 aromatic heterocycles. The van der Waals surface area contributed by atoms with Gasteiger partial charge in [-0.05, 0) is 25.5 Å². The van der Waals surface area contributed by atoms with Crippen LogP contribution in [0, 0.1) is 5.92 Å². The summed E-state index contributed by atoms with van der Waals surface area (Å²) in [6, 6.07) is 3.86. The van der Waals surface area contributed by atoms with E-state index in [1.54, 1.807) is 0 Å². The predicted molar refractivity (Wildman–Crippen MR) is 69.9 cm³/mol. The molecule has 0 aliphatic rings. The van der Waals surface area contributed by atoms with E-state index in [9.17, 15) is 4.79 Å². The second-order valence-corrected chi connectivity index (χ2v) is 5.67. The maximum atomic E-state index is 12.0. The third-order valence-electron chi connectivity index (χ3n) is 2.70. The van der Waals surface area contributed by atoms with Gasteiger partial charge in [-0.1, -0.05) is 25.4 Å². The highest BCUT2D eigenvalue weighted by molar-refractivity contribution is 7.16. The molecule has 0 N–H and O–H groups in total. The largest absolute Gasteiger partial charge is 0.338 e. The highest BCUT2D eigenvalue weighted by atomic mass is 35.5. The van der Waals surface area contributed by atoms with Crippen molar-refractivity contribution in [2.45, 2.75) is 33.7 Å². The molecule has 0 spiro atoms. The number of hydrogen-bond donors (Lipinski definition) is 0. The summed E-state index contributed by atoms with van der Waals surface area (Å²) in [5.41, 5.74) is 0. The standard InChI is InChI=1S/C12H18ClNOS/c1-4-9(3)12(15)14(5-2)8-10-6-7-11(13)16-10/h6-7,9H,4-5,8H2,1-3H3. The molecule has 16 heavy (non-hydrogen) atoms. The third-order valence-corrected chi connectivity index (χ3v) is 3.92. The lowest BCUT2D eigenvalue weighted by Gasteiger charge is -2.23. The van der Waals surface area contributed by atoms with Crippen LogP contribution in [0.15, 0.2) is 12.1 Å². The quantitative estimate of drug-likeness (QED) is 0.788. The minimum absolute atomic E-state index is 0.107. The lowest BCUT2D eigenvalue weighted by molar-refractivity contribution is -0.135. The number of rotatable bonds is 5. The van der Waals surface area contributed by atoms with Crippen LogP contribution in [0.25, 0.3) is 0 Å². The topological polar surface area (TPSA) is 20.3 Å². The second-order valence-electron chi connectivity index (χ2n) is 3.87. The van der Waals surface area contributed by atoms with Gasteiger partial charge in [-0.15, -0.1) is 11.3 Å². The Balaban J connectivity index is 2.65. The molecule has 1 aromatic rings. The summed E-state index contributed by atoms with van der Waals surface area (Å²) in [5, 5.41) is 0. The van der Waals surface area contributed by atoms with Gasteiger partial charge in [0.15, 0.2) is 0 Å². The summed E-state index contributed by atoms with van der Waals surface area (Å²) in [4.78, 5) is 15.0. The summed E-state index contributed by atoms with van der Waals surface area (Å²) in [6.07, 6.45) is 0.889. The Bertz CT molecular complexity index is 351. The van der Waals surface area contributed by atoms with Crippen molar-refractivity contribution < 1.29 is 4.79 Å². The molecule has 1 unspecified atom stereocenters. The van der Waals surface area contributed by atoms with Gasteiger partial charge < -0.3 is 4.90 Å². The van der Waals surface area contributed by atoms with E-state index >= 15 is 0 Å². The van der Waals surface area contributed by atoms with Crippen LogP contribution in [-0.2, 0) is 11.3 Å². The zero-order chi connectivity index (χ0) is 12.1. The highest BCUT2D eigenvalue weighted by Gasteiger charge is 2.18. The van der Waals surface area contributed by atoms with Gasteiger partial charge in [0.25, 0.3) is 0 Å². The molecule has 1 amide bonds. The van der Waals surface area contributed by atoms with Crippen LogP contribution in [-0.4, -0.2) is 17.4 Å². The van der Waals surface area contributed by atoms with E-state index in [2.05, 4.69) is 0 Å². The van der Waals surface area contributed by atoms with Crippen LogP contribution in [0.2, 0.25) is 4.34 Å². The Kier molecular flexibility index (Phi) is 5.29. The number of thiophene rings is 1. The zero-order valence-electron chi connectivity index (χ0n) is 10.00. The number of nitrogens with zero attached hydrogens (tertiary/aromatic N) is 1. The van der Waals surface area contributed by atoms with Crippen LogP contribution in [0.3, 0.4) is 0 Å². The van der Waals surface area contributed by atoms with Gasteiger partial charge in [-0.3, -0.25) is 4.79 Å². The Morgan fingerprint density at radius 1 is 1.50 bits per heavy atom. The molecule has 2 nitrogen and oxygen atoms in total. The van der Waals surface area contributed by atoms with Gasteiger partial charge >= 0.3 is 0 Å². The van der Waals surface area contributed by atoms with Gasteiger partial charge in [0.2, 0.25) is 5.91 Å². The van der Waals surface area contributed by atoms with Gasteiger partial charge in [0.05, 0.1) is 10.9 Å². The van der Waals surface area contributed by atoms with Gasteiger partial charge in [0.1, 0.15) is 0 Å². The zero-order valence-corrected chi connectivity index (χ0v) is 11.6. The lowest BCUT2D eigenvalue weighted by Crippen LogP contribution is -2.34. The molecule has 0 saturated carbocycles. The smallest absolute Gasteiger partial charge is 0.225 e. The first-order valence-electron chi connectivity index (χ1n) is 5.61. The van der Waals surface area contributed by atoms with Crippen molar-refractivity contribution in [1.82, 2.24) is 4.90 Å². The van der Waals surface area contributed by atoms with E-state index in [4.69, 9.17) is 11.6 Å². The molecule has 1 heterocycles. The van der Waals surface area contributed by atoms with Crippen LogP contribution >= 0.6 is 22.9 Å². The highest BCUT2D eigenvalue weighted by Crippen LogP contribution is 2.23. The number of carbonyl (C=O) groups is 1. The molecule has 1 atom stereocenters.